The number of rotatable bonds is 6. The molecular weight excluding hydrogens is 410 g/mol. The Labute approximate surface area is 185 Å². The Hall–Kier alpha value is -3.49. The molecule has 32 heavy (non-hydrogen) atoms. The number of likely N-dealkylation sites (N-methyl/N-ethyl adjacent to an activating group) is 1. The average molecular weight is 435 g/mol. The lowest BCUT2D eigenvalue weighted by Crippen LogP contribution is -2.45. The van der Waals surface area contributed by atoms with Gasteiger partial charge in [-0.25, -0.2) is 9.59 Å². The minimum absolute atomic E-state index is 0.195. The number of hydrogen-bond donors (Lipinski definition) is 2. The molecule has 0 saturated carbocycles. The summed E-state index contributed by atoms with van der Waals surface area (Å²) in [5.74, 6) is -1.39. The van der Waals surface area contributed by atoms with Crippen LogP contribution in [0.15, 0.2) is 53.3 Å². The van der Waals surface area contributed by atoms with Crippen molar-refractivity contribution in [3.8, 4) is 0 Å². The summed E-state index contributed by atoms with van der Waals surface area (Å²) in [6.45, 7) is 3.87. The van der Waals surface area contributed by atoms with E-state index in [9.17, 15) is 14.4 Å². The van der Waals surface area contributed by atoms with E-state index in [2.05, 4.69) is 21.8 Å². The summed E-state index contributed by atoms with van der Waals surface area (Å²) in [4.78, 5) is 43.2. The van der Waals surface area contributed by atoms with Gasteiger partial charge in [-0.3, -0.25) is 9.69 Å². The summed E-state index contributed by atoms with van der Waals surface area (Å²) in [5, 5.41) is 9.76. The third kappa shape index (κ3) is 5.04. The second kappa shape index (κ2) is 9.33. The molecule has 1 aromatic heterocycles. The average Bonchev–Trinajstić information content (AvgIpc) is 2.79. The van der Waals surface area contributed by atoms with Crippen molar-refractivity contribution < 1.29 is 19.4 Å². The predicted octanol–water partition coefficient (Wildman–Crippen LogP) is 2.18. The number of aromatic carboxylic acids is 1. The highest BCUT2D eigenvalue weighted by Gasteiger charge is 2.16. The number of piperazine rings is 1. The first-order chi connectivity index (χ1) is 15.4. The lowest BCUT2D eigenvalue weighted by atomic mass is 10.0. The molecule has 1 saturated heterocycles. The number of H-pyrrole nitrogens is 1. The van der Waals surface area contributed by atoms with Crippen LogP contribution in [0.3, 0.4) is 0 Å². The van der Waals surface area contributed by atoms with Crippen LogP contribution in [0.5, 0.6) is 0 Å². The van der Waals surface area contributed by atoms with Crippen molar-refractivity contribution in [3.63, 3.8) is 0 Å². The molecule has 1 aliphatic rings. The predicted molar refractivity (Wildman–Crippen MR) is 120 cm³/mol. The van der Waals surface area contributed by atoms with E-state index >= 15 is 0 Å². The third-order valence-corrected chi connectivity index (χ3v) is 5.73. The van der Waals surface area contributed by atoms with Crippen LogP contribution in [0, 0.1) is 0 Å². The van der Waals surface area contributed by atoms with Crippen LogP contribution >= 0.6 is 0 Å². The number of fused-ring (bicyclic) bond motifs is 1. The summed E-state index contributed by atoms with van der Waals surface area (Å²) in [7, 11) is 2.07. The van der Waals surface area contributed by atoms with Gasteiger partial charge >= 0.3 is 11.9 Å². The van der Waals surface area contributed by atoms with Crippen molar-refractivity contribution in [2.75, 3.05) is 40.0 Å². The Morgan fingerprint density at radius 2 is 1.69 bits per heavy atom. The summed E-state index contributed by atoms with van der Waals surface area (Å²) in [6, 6.07) is 13.2. The normalized spacial score (nSPS) is 15.0. The van der Waals surface area contributed by atoms with Crippen molar-refractivity contribution in [3.05, 3.63) is 81.1 Å². The number of nitrogens with zero attached hydrogens (tertiary/aromatic N) is 2. The van der Waals surface area contributed by atoms with Gasteiger partial charge in [0.05, 0.1) is 11.1 Å². The van der Waals surface area contributed by atoms with Gasteiger partial charge in [-0.05, 0) is 54.4 Å². The highest BCUT2D eigenvalue weighted by molar-refractivity contribution is 5.94. The zero-order chi connectivity index (χ0) is 22.7. The van der Waals surface area contributed by atoms with Crippen LogP contribution in [0.1, 0.15) is 31.8 Å². The fourth-order valence-corrected chi connectivity index (χ4v) is 3.71. The van der Waals surface area contributed by atoms with Gasteiger partial charge in [0.1, 0.15) is 6.73 Å². The van der Waals surface area contributed by atoms with E-state index in [0.29, 0.717) is 23.1 Å². The van der Waals surface area contributed by atoms with Crippen LogP contribution in [0.4, 0.5) is 0 Å². The highest BCUT2D eigenvalue weighted by atomic mass is 16.5. The van der Waals surface area contributed by atoms with Crippen molar-refractivity contribution in [2.45, 2.75) is 6.42 Å². The highest BCUT2D eigenvalue weighted by Crippen LogP contribution is 2.17. The fourth-order valence-electron chi connectivity index (χ4n) is 3.71. The van der Waals surface area contributed by atoms with Crippen molar-refractivity contribution in [1.29, 1.82) is 0 Å². The number of aromatic nitrogens is 1. The number of carbonyl (C=O) groups is 2. The Morgan fingerprint density at radius 1 is 1.00 bits per heavy atom. The second-order valence-corrected chi connectivity index (χ2v) is 8.09. The molecule has 1 fully saturated rings. The van der Waals surface area contributed by atoms with E-state index in [1.54, 1.807) is 36.4 Å². The molecule has 8 nitrogen and oxygen atoms in total. The summed E-state index contributed by atoms with van der Waals surface area (Å²) in [6.07, 6.45) is 0.350. The zero-order valence-corrected chi connectivity index (χ0v) is 17.8. The molecule has 4 rings (SSSR count). The molecule has 2 aromatic carbocycles. The number of benzene rings is 2. The molecule has 0 atom stereocenters. The first-order valence-electron chi connectivity index (χ1n) is 10.5. The number of esters is 1. The van der Waals surface area contributed by atoms with E-state index in [0.717, 1.165) is 37.1 Å². The van der Waals surface area contributed by atoms with Crippen LogP contribution in [-0.4, -0.2) is 71.8 Å². The number of carboxylic acid groups (broad SMARTS) is 1. The van der Waals surface area contributed by atoms with Crippen LogP contribution in [-0.2, 0) is 11.2 Å². The molecule has 0 spiro atoms. The van der Waals surface area contributed by atoms with Gasteiger partial charge in [0.25, 0.3) is 5.56 Å². The van der Waals surface area contributed by atoms with Crippen molar-refractivity contribution in [2.24, 2.45) is 0 Å². The molecule has 0 unspecified atom stereocenters. The van der Waals surface area contributed by atoms with E-state index in [-0.39, 0.29) is 17.9 Å². The van der Waals surface area contributed by atoms with Crippen LogP contribution in [0.25, 0.3) is 10.9 Å². The number of aromatic amines is 1. The minimum atomic E-state index is -0.993. The largest absolute Gasteiger partial charge is 0.478 e. The molecule has 0 radical (unpaired) electrons. The number of pyridine rings is 1. The van der Waals surface area contributed by atoms with Gasteiger partial charge in [0.15, 0.2) is 0 Å². The van der Waals surface area contributed by atoms with Crippen molar-refractivity contribution >= 4 is 22.8 Å². The minimum Gasteiger partial charge on any atom is -0.478 e. The van der Waals surface area contributed by atoms with Gasteiger partial charge in [-0.1, -0.05) is 12.1 Å². The van der Waals surface area contributed by atoms with E-state index in [4.69, 9.17) is 9.84 Å². The second-order valence-electron chi connectivity index (χ2n) is 8.09. The number of carboxylic acids is 1. The standard InChI is InChI=1S/C24H25N3O5/c1-26-8-10-27(11-9-26)15-32-24(31)18-6-7-21-19(13-18)14-20(22(28)25-21)12-16-2-4-17(5-3-16)23(29)30/h2-7,13-14H,8-12,15H2,1H3,(H,25,28)(H,29,30). The summed E-state index contributed by atoms with van der Waals surface area (Å²) in [5.41, 5.74) is 2.39. The molecule has 2 N–H and O–H groups in total. The number of nitrogens with one attached hydrogen (secondary N) is 1. The zero-order valence-electron chi connectivity index (χ0n) is 17.8. The molecule has 166 valence electrons. The van der Waals surface area contributed by atoms with E-state index < -0.39 is 11.9 Å². The molecule has 3 aromatic rings. The lowest BCUT2D eigenvalue weighted by Gasteiger charge is -2.31. The molecule has 8 heteroatoms. The fraction of sp³-hybridized carbons (Fsp3) is 0.292. The summed E-state index contributed by atoms with van der Waals surface area (Å²) >= 11 is 0. The molecule has 0 amide bonds. The summed E-state index contributed by atoms with van der Waals surface area (Å²) < 4.78 is 5.48. The van der Waals surface area contributed by atoms with Crippen LogP contribution in [0.2, 0.25) is 0 Å². The first-order valence-corrected chi connectivity index (χ1v) is 10.5. The van der Waals surface area contributed by atoms with Gasteiger partial charge < -0.3 is 19.7 Å². The maximum absolute atomic E-state index is 12.5. The van der Waals surface area contributed by atoms with E-state index in [1.807, 2.05) is 0 Å². The molecular formula is C24H25N3O5. The Balaban J connectivity index is 1.49. The maximum atomic E-state index is 12.5. The molecule has 2 heterocycles. The molecule has 1 aliphatic heterocycles. The number of carbonyl (C=O) groups excluding carboxylic acids is 1. The number of ether oxygens (including phenoxy) is 1. The number of hydrogen-bond acceptors (Lipinski definition) is 6. The van der Waals surface area contributed by atoms with Gasteiger partial charge in [0.2, 0.25) is 0 Å². The van der Waals surface area contributed by atoms with Crippen LogP contribution < -0.4 is 5.56 Å². The monoisotopic (exact) mass is 435 g/mol. The van der Waals surface area contributed by atoms with E-state index in [1.165, 1.54) is 12.1 Å². The first kappa shape index (κ1) is 21.7. The Bertz CT molecular complexity index is 1190. The smallest absolute Gasteiger partial charge is 0.339 e. The SMILES string of the molecule is CN1CCN(COC(=O)c2ccc3[nH]c(=O)c(Cc4ccc(C(=O)O)cc4)cc3c2)CC1. The Morgan fingerprint density at radius 3 is 2.38 bits per heavy atom. The maximum Gasteiger partial charge on any atom is 0.339 e. The molecule has 0 bridgehead atoms. The van der Waals surface area contributed by atoms with Gasteiger partial charge in [0, 0.05) is 43.7 Å². The molecule has 0 aliphatic carbocycles. The van der Waals surface area contributed by atoms with Crippen molar-refractivity contribution in [1.82, 2.24) is 14.8 Å². The third-order valence-electron chi connectivity index (χ3n) is 5.73. The topological polar surface area (TPSA) is 103 Å². The van der Waals surface area contributed by atoms with Gasteiger partial charge in [-0.15, -0.1) is 0 Å². The lowest BCUT2D eigenvalue weighted by molar-refractivity contribution is 0.0102. The van der Waals surface area contributed by atoms with Gasteiger partial charge in [-0.2, -0.15) is 0 Å². The quantitative estimate of drug-likeness (QED) is 0.572. The Kier molecular flexibility index (Phi) is 6.34.